The Hall–Kier alpha value is -9.14. The quantitative estimate of drug-likeness (QED) is 0.149. The highest BCUT2D eigenvalue weighted by molar-refractivity contribution is 5.78. The normalized spacial score (nSPS) is 14.2. The van der Waals surface area contributed by atoms with Crippen LogP contribution in [-0.4, -0.2) is 39.9 Å². The molecule has 0 radical (unpaired) electrons. The number of pyridine rings is 2. The summed E-state index contributed by atoms with van der Waals surface area (Å²) in [4.78, 5) is 37.9. The molecule has 2 bridgehead atoms. The first-order chi connectivity index (χ1) is 33.7. The molecule has 3 aliphatic rings. The van der Waals surface area contributed by atoms with E-state index in [0.29, 0.717) is 34.9 Å². The van der Waals surface area contributed by atoms with Gasteiger partial charge in [0.1, 0.15) is 0 Å². The molecule has 0 fully saturated rings. The van der Waals surface area contributed by atoms with Gasteiger partial charge in [-0.25, -0.2) is 29.9 Å². The van der Waals surface area contributed by atoms with E-state index in [4.69, 9.17) is 29.9 Å². The van der Waals surface area contributed by atoms with Gasteiger partial charge < -0.3 is 0 Å². The molecule has 7 aromatic carbocycles. The zero-order valence-electron chi connectivity index (χ0n) is 36.5. The zero-order valence-corrected chi connectivity index (χ0v) is 36.5. The maximum Gasteiger partial charge on any atom is 0.164 e. The number of rotatable bonds is 8. The van der Waals surface area contributed by atoms with Crippen molar-refractivity contribution in [1.82, 2.24) is 39.9 Å². The summed E-state index contributed by atoms with van der Waals surface area (Å²) in [6.07, 6.45) is 7.04. The smallest absolute Gasteiger partial charge is 0.164 e. The summed E-state index contributed by atoms with van der Waals surface area (Å²) in [5.74, 6) is 3.99. The van der Waals surface area contributed by atoms with Crippen molar-refractivity contribution >= 4 is 0 Å². The summed E-state index contributed by atoms with van der Waals surface area (Å²) >= 11 is 0. The Morgan fingerprint density at radius 2 is 0.471 bits per heavy atom. The minimum Gasteiger partial charge on any atom is -0.265 e. The molecule has 8 nitrogen and oxygen atoms in total. The third-order valence-electron chi connectivity index (χ3n) is 13.2. The van der Waals surface area contributed by atoms with Gasteiger partial charge in [-0.15, -0.1) is 0 Å². The lowest BCUT2D eigenvalue weighted by Crippen LogP contribution is -2.27. The number of benzene rings is 7. The van der Waals surface area contributed by atoms with Crippen molar-refractivity contribution in [2.45, 2.75) is 11.8 Å². The number of nitrogens with zero attached hydrogens (tertiary/aromatic N) is 8. The summed E-state index contributed by atoms with van der Waals surface area (Å²) < 4.78 is 0. The molecule has 4 heterocycles. The molecule has 0 spiro atoms. The highest BCUT2D eigenvalue weighted by Crippen LogP contribution is 2.56. The Bertz CT molecular complexity index is 3300. The minimum atomic E-state index is 0.127. The SMILES string of the molecule is c1ccc(-c2nc(-c3ccncc3)nc(-c3ccc(-c4ccc5c(c4)C4c6ccccc6C5c5cc(-c6ccc(-c7nc(-c8ccccc8)nc(-c8ccncc8)n7)cc6)ccc54)cc3)n2)cc1. The minimum absolute atomic E-state index is 0.127. The van der Waals surface area contributed by atoms with Gasteiger partial charge in [-0.2, -0.15) is 0 Å². The van der Waals surface area contributed by atoms with E-state index in [1.165, 1.54) is 44.5 Å². The first-order valence-electron chi connectivity index (χ1n) is 22.7. The second-order valence-electron chi connectivity index (χ2n) is 17.2. The van der Waals surface area contributed by atoms with Crippen LogP contribution in [0.25, 0.3) is 90.6 Å². The Balaban J connectivity index is 0.821. The largest absolute Gasteiger partial charge is 0.265 e. The van der Waals surface area contributed by atoms with Crippen molar-refractivity contribution < 1.29 is 0 Å². The molecule has 8 heteroatoms. The standard InChI is InChI=1S/C60H38N8/c1-3-9-39(10-4-1)55-63-57(67-59(65-55)43-27-31-61-32-28-43)41-19-15-37(16-20-41)45-23-25-49-51(35-45)53-47-13-7-8-14-48(47)54(49)52-36-46(24-26-50(52)53)38-17-21-42(22-18-38)58-64-56(40-11-5-2-6-12-40)66-60(68-58)44-29-33-62-34-30-44/h1-36,53-54H. The highest BCUT2D eigenvalue weighted by Gasteiger charge is 2.41. The second-order valence-corrected chi connectivity index (χ2v) is 17.2. The van der Waals surface area contributed by atoms with E-state index in [1.807, 2.05) is 84.9 Å². The molecule has 0 aliphatic heterocycles. The number of hydrogen-bond acceptors (Lipinski definition) is 8. The average Bonchev–Trinajstić information content (AvgIpc) is 3.43. The van der Waals surface area contributed by atoms with Gasteiger partial charge >= 0.3 is 0 Å². The van der Waals surface area contributed by atoms with Gasteiger partial charge in [0, 0.05) is 70.0 Å². The number of hydrogen-bond donors (Lipinski definition) is 0. The van der Waals surface area contributed by atoms with Gasteiger partial charge in [-0.3, -0.25) is 9.97 Å². The molecule has 2 unspecified atom stereocenters. The van der Waals surface area contributed by atoms with Crippen LogP contribution in [0, 0.1) is 0 Å². The van der Waals surface area contributed by atoms with Crippen LogP contribution in [0.2, 0.25) is 0 Å². The van der Waals surface area contributed by atoms with Gasteiger partial charge in [-0.1, -0.05) is 158 Å². The second kappa shape index (κ2) is 16.4. The van der Waals surface area contributed by atoms with Crippen molar-refractivity contribution in [2.75, 3.05) is 0 Å². The van der Waals surface area contributed by atoms with Crippen LogP contribution in [0.5, 0.6) is 0 Å². The van der Waals surface area contributed by atoms with Gasteiger partial charge in [-0.05, 0) is 92.0 Å². The molecule has 0 saturated carbocycles. The Labute approximate surface area is 392 Å². The molecule has 11 aromatic rings. The van der Waals surface area contributed by atoms with E-state index in [0.717, 1.165) is 44.5 Å². The molecular formula is C60H38N8. The van der Waals surface area contributed by atoms with E-state index in [-0.39, 0.29) is 11.8 Å². The predicted molar refractivity (Wildman–Crippen MR) is 267 cm³/mol. The molecule has 318 valence electrons. The molecule has 3 aliphatic carbocycles. The lowest BCUT2D eigenvalue weighted by Gasteiger charge is -2.42. The van der Waals surface area contributed by atoms with Crippen LogP contribution in [0.15, 0.2) is 219 Å². The van der Waals surface area contributed by atoms with Gasteiger partial charge in [0.15, 0.2) is 34.9 Å². The summed E-state index contributed by atoms with van der Waals surface area (Å²) in [5.41, 5.74) is 18.4. The molecular weight excluding hydrogens is 833 g/mol. The fourth-order valence-electron chi connectivity index (χ4n) is 9.90. The first-order valence-corrected chi connectivity index (χ1v) is 22.7. The molecule has 2 atom stereocenters. The van der Waals surface area contributed by atoms with Crippen LogP contribution in [-0.2, 0) is 0 Å². The Morgan fingerprint density at radius 3 is 0.824 bits per heavy atom. The third kappa shape index (κ3) is 6.94. The molecule has 68 heavy (non-hydrogen) atoms. The molecule has 4 aromatic heterocycles. The van der Waals surface area contributed by atoms with Gasteiger partial charge in [0.2, 0.25) is 0 Å². The fraction of sp³-hybridized carbons (Fsp3) is 0.0333. The molecule has 14 rings (SSSR count). The molecule has 0 saturated heterocycles. The van der Waals surface area contributed by atoms with Crippen molar-refractivity contribution in [2.24, 2.45) is 0 Å². The van der Waals surface area contributed by atoms with Crippen LogP contribution in [0.3, 0.4) is 0 Å². The summed E-state index contributed by atoms with van der Waals surface area (Å²) in [7, 11) is 0. The zero-order chi connectivity index (χ0) is 45.0. The van der Waals surface area contributed by atoms with Crippen molar-refractivity contribution in [3.63, 3.8) is 0 Å². The van der Waals surface area contributed by atoms with Gasteiger partial charge in [0.05, 0.1) is 0 Å². The molecule has 0 amide bonds. The van der Waals surface area contributed by atoms with Crippen LogP contribution in [0.4, 0.5) is 0 Å². The highest BCUT2D eigenvalue weighted by atomic mass is 15.0. The average molecular weight is 871 g/mol. The predicted octanol–water partition coefficient (Wildman–Crippen LogP) is 13.2. The van der Waals surface area contributed by atoms with E-state index >= 15 is 0 Å². The van der Waals surface area contributed by atoms with Crippen LogP contribution in [0.1, 0.15) is 45.2 Å². The first kappa shape index (κ1) is 39.2. The maximum absolute atomic E-state index is 4.95. The summed E-state index contributed by atoms with van der Waals surface area (Å²) in [5, 5.41) is 0. The lowest BCUT2D eigenvalue weighted by atomic mass is 9.60. The summed E-state index contributed by atoms with van der Waals surface area (Å²) in [6.45, 7) is 0. The third-order valence-corrected chi connectivity index (χ3v) is 13.2. The van der Waals surface area contributed by atoms with Crippen LogP contribution < -0.4 is 0 Å². The van der Waals surface area contributed by atoms with E-state index in [2.05, 4.69) is 119 Å². The topological polar surface area (TPSA) is 103 Å². The lowest BCUT2D eigenvalue weighted by molar-refractivity contribution is 0.755. The number of aromatic nitrogens is 8. The van der Waals surface area contributed by atoms with E-state index < -0.39 is 0 Å². The molecule has 0 N–H and O–H groups in total. The summed E-state index contributed by atoms with van der Waals surface area (Å²) in [6, 6.07) is 68.1. The van der Waals surface area contributed by atoms with E-state index in [9.17, 15) is 0 Å². The Kier molecular flexibility index (Phi) is 9.45. The maximum atomic E-state index is 4.95. The Morgan fingerprint density at radius 1 is 0.206 bits per heavy atom. The van der Waals surface area contributed by atoms with Gasteiger partial charge in [0.25, 0.3) is 0 Å². The van der Waals surface area contributed by atoms with Crippen LogP contribution >= 0.6 is 0 Å². The van der Waals surface area contributed by atoms with Crippen molar-refractivity contribution in [1.29, 1.82) is 0 Å². The monoisotopic (exact) mass is 870 g/mol. The fourth-order valence-corrected chi connectivity index (χ4v) is 9.90. The van der Waals surface area contributed by atoms with Crippen molar-refractivity contribution in [3.05, 3.63) is 252 Å². The van der Waals surface area contributed by atoms with E-state index in [1.54, 1.807) is 24.8 Å². The van der Waals surface area contributed by atoms with Crippen molar-refractivity contribution in [3.8, 4) is 90.6 Å².